The molecule has 1 unspecified atom stereocenters. The van der Waals surface area contributed by atoms with E-state index in [1.54, 1.807) is 18.0 Å². The summed E-state index contributed by atoms with van der Waals surface area (Å²) < 4.78 is 0. The van der Waals surface area contributed by atoms with Gasteiger partial charge in [-0.1, -0.05) is 66.4 Å². The molecule has 0 saturated heterocycles. The first kappa shape index (κ1) is 13.9. The molecule has 0 fully saturated rings. The zero-order valence-electron chi connectivity index (χ0n) is 11.6. The molecule has 21 heavy (non-hydrogen) atoms. The lowest BCUT2D eigenvalue weighted by atomic mass is 10.0. The van der Waals surface area contributed by atoms with E-state index in [4.69, 9.17) is 5.73 Å². The number of aromatic nitrogens is 2. The third-order valence-corrected chi connectivity index (χ3v) is 4.34. The molecule has 4 heteroatoms. The van der Waals surface area contributed by atoms with Gasteiger partial charge in [0.05, 0.1) is 0 Å². The van der Waals surface area contributed by atoms with Crippen LogP contribution in [-0.2, 0) is 0 Å². The molecule has 0 aliphatic heterocycles. The minimum absolute atomic E-state index is 0.00456. The van der Waals surface area contributed by atoms with Crippen molar-refractivity contribution in [2.45, 2.75) is 11.2 Å². The predicted octanol–water partition coefficient (Wildman–Crippen LogP) is 3.87. The standard InChI is InChI=1S/C17H17N3S/c18-16(12-21-17-19-10-11-20-17)15-8-6-14(7-9-15)13-4-2-1-3-5-13/h1-11,16H,12,18H2,(H,19,20). The van der Waals surface area contributed by atoms with Crippen LogP contribution in [0.4, 0.5) is 0 Å². The van der Waals surface area contributed by atoms with Crippen molar-refractivity contribution in [3.8, 4) is 11.1 Å². The predicted molar refractivity (Wildman–Crippen MR) is 88.1 cm³/mol. The number of aromatic amines is 1. The van der Waals surface area contributed by atoms with Gasteiger partial charge in [-0.05, 0) is 16.7 Å². The van der Waals surface area contributed by atoms with Gasteiger partial charge >= 0.3 is 0 Å². The van der Waals surface area contributed by atoms with E-state index in [9.17, 15) is 0 Å². The lowest BCUT2D eigenvalue weighted by molar-refractivity contribution is 0.828. The molecule has 0 aliphatic carbocycles. The molecular formula is C17H17N3S. The highest BCUT2D eigenvalue weighted by Crippen LogP contribution is 2.24. The molecule has 2 aromatic carbocycles. The molecule has 0 spiro atoms. The minimum Gasteiger partial charge on any atom is -0.340 e. The fourth-order valence-corrected chi connectivity index (χ4v) is 2.96. The van der Waals surface area contributed by atoms with Crippen molar-refractivity contribution in [3.63, 3.8) is 0 Å². The molecule has 0 bridgehead atoms. The number of nitrogens with two attached hydrogens (primary N) is 1. The van der Waals surface area contributed by atoms with Gasteiger partial charge in [0.2, 0.25) is 0 Å². The average molecular weight is 295 g/mol. The molecule has 0 saturated carbocycles. The van der Waals surface area contributed by atoms with Gasteiger partial charge in [0, 0.05) is 24.2 Å². The second-order valence-corrected chi connectivity index (χ2v) is 5.81. The second kappa shape index (κ2) is 6.61. The Bertz CT molecular complexity index is 663. The van der Waals surface area contributed by atoms with E-state index in [1.165, 1.54) is 11.1 Å². The van der Waals surface area contributed by atoms with Crippen molar-refractivity contribution in [1.29, 1.82) is 0 Å². The van der Waals surface area contributed by atoms with Crippen LogP contribution >= 0.6 is 11.8 Å². The van der Waals surface area contributed by atoms with E-state index < -0.39 is 0 Å². The van der Waals surface area contributed by atoms with Gasteiger partial charge in [-0.3, -0.25) is 0 Å². The Morgan fingerprint density at radius 2 is 1.71 bits per heavy atom. The van der Waals surface area contributed by atoms with Gasteiger partial charge in [-0.2, -0.15) is 0 Å². The normalized spacial score (nSPS) is 12.2. The minimum atomic E-state index is 0.00456. The number of rotatable bonds is 5. The van der Waals surface area contributed by atoms with Crippen LogP contribution in [0, 0.1) is 0 Å². The maximum absolute atomic E-state index is 6.24. The fourth-order valence-electron chi connectivity index (χ4n) is 2.15. The molecule has 1 atom stereocenters. The SMILES string of the molecule is NC(CSc1ncc[nH]1)c1ccc(-c2ccccc2)cc1. The molecule has 106 valence electrons. The van der Waals surface area contributed by atoms with Crippen LogP contribution in [0.1, 0.15) is 11.6 Å². The number of H-pyrrole nitrogens is 1. The summed E-state index contributed by atoms with van der Waals surface area (Å²) in [7, 11) is 0. The highest BCUT2D eigenvalue weighted by atomic mass is 32.2. The largest absolute Gasteiger partial charge is 0.340 e. The van der Waals surface area contributed by atoms with Gasteiger partial charge in [0.1, 0.15) is 0 Å². The Balaban J connectivity index is 1.66. The van der Waals surface area contributed by atoms with Crippen LogP contribution in [0.3, 0.4) is 0 Å². The Morgan fingerprint density at radius 3 is 2.38 bits per heavy atom. The zero-order valence-corrected chi connectivity index (χ0v) is 12.4. The molecule has 0 aliphatic rings. The monoisotopic (exact) mass is 295 g/mol. The average Bonchev–Trinajstić information content (AvgIpc) is 3.07. The van der Waals surface area contributed by atoms with E-state index in [1.807, 2.05) is 12.3 Å². The van der Waals surface area contributed by atoms with Crippen molar-refractivity contribution < 1.29 is 0 Å². The van der Waals surface area contributed by atoms with E-state index >= 15 is 0 Å². The molecule has 3 N–H and O–H groups in total. The summed E-state index contributed by atoms with van der Waals surface area (Å²) in [6.45, 7) is 0. The topological polar surface area (TPSA) is 54.7 Å². The summed E-state index contributed by atoms with van der Waals surface area (Å²) >= 11 is 1.64. The number of thioether (sulfide) groups is 1. The summed E-state index contributed by atoms with van der Waals surface area (Å²) in [6, 6.07) is 18.8. The summed E-state index contributed by atoms with van der Waals surface area (Å²) in [5.41, 5.74) is 9.82. The van der Waals surface area contributed by atoms with Gasteiger partial charge in [0.15, 0.2) is 5.16 Å². The van der Waals surface area contributed by atoms with Crippen molar-refractivity contribution >= 4 is 11.8 Å². The fraction of sp³-hybridized carbons (Fsp3) is 0.118. The van der Waals surface area contributed by atoms with E-state index in [0.29, 0.717) is 0 Å². The third kappa shape index (κ3) is 3.54. The quantitative estimate of drug-likeness (QED) is 0.703. The Kier molecular flexibility index (Phi) is 4.38. The number of hydrogen-bond acceptors (Lipinski definition) is 3. The van der Waals surface area contributed by atoms with Gasteiger partial charge in [-0.25, -0.2) is 4.98 Å². The van der Waals surface area contributed by atoms with Gasteiger partial charge < -0.3 is 10.7 Å². The summed E-state index contributed by atoms with van der Waals surface area (Å²) in [4.78, 5) is 7.26. The summed E-state index contributed by atoms with van der Waals surface area (Å²) in [5, 5.41) is 0.909. The highest BCUT2D eigenvalue weighted by Gasteiger charge is 2.08. The van der Waals surface area contributed by atoms with Crippen LogP contribution < -0.4 is 5.73 Å². The Hall–Kier alpha value is -2.04. The number of benzene rings is 2. The smallest absolute Gasteiger partial charge is 0.165 e. The number of imidazole rings is 1. The Labute approximate surface area is 128 Å². The van der Waals surface area contributed by atoms with E-state index in [2.05, 4.69) is 58.5 Å². The molecule has 3 nitrogen and oxygen atoms in total. The van der Waals surface area contributed by atoms with E-state index in [0.717, 1.165) is 16.5 Å². The third-order valence-electron chi connectivity index (χ3n) is 3.32. The lowest BCUT2D eigenvalue weighted by Crippen LogP contribution is -2.12. The molecule has 3 rings (SSSR count). The lowest BCUT2D eigenvalue weighted by Gasteiger charge is -2.11. The van der Waals surface area contributed by atoms with E-state index in [-0.39, 0.29) is 6.04 Å². The Morgan fingerprint density at radius 1 is 1.00 bits per heavy atom. The van der Waals surface area contributed by atoms with Crippen LogP contribution in [0.25, 0.3) is 11.1 Å². The second-order valence-electron chi connectivity index (χ2n) is 4.80. The first-order valence-electron chi connectivity index (χ1n) is 6.86. The molecule has 1 heterocycles. The molecular weight excluding hydrogens is 278 g/mol. The maximum atomic E-state index is 6.24. The molecule has 0 amide bonds. The van der Waals surface area contributed by atoms with Crippen molar-refractivity contribution in [2.24, 2.45) is 5.73 Å². The molecule has 1 aromatic heterocycles. The van der Waals surface area contributed by atoms with Crippen molar-refractivity contribution in [3.05, 3.63) is 72.6 Å². The van der Waals surface area contributed by atoms with Crippen molar-refractivity contribution in [2.75, 3.05) is 5.75 Å². The number of hydrogen-bond donors (Lipinski definition) is 2. The van der Waals surface area contributed by atoms with Crippen LogP contribution in [0.5, 0.6) is 0 Å². The first-order chi connectivity index (χ1) is 10.3. The zero-order chi connectivity index (χ0) is 14.5. The molecule has 0 radical (unpaired) electrons. The highest BCUT2D eigenvalue weighted by molar-refractivity contribution is 7.99. The molecule has 3 aromatic rings. The van der Waals surface area contributed by atoms with Gasteiger partial charge in [-0.15, -0.1) is 0 Å². The number of nitrogens with one attached hydrogen (secondary N) is 1. The maximum Gasteiger partial charge on any atom is 0.165 e. The number of nitrogens with zero attached hydrogens (tertiary/aromatic N) is 1. The first-order valence-corrected chi connectivity index (χ1v) is 7.84. The van der Waals surface area contributed by atoms with Crippen molar-refractivity contribution in [1.82, 2.24) is 9.97 Å². The van der Waals surface area contributed by atoms with Crippen LogP contribution in [0.2, 0.25) is 0 Å². The van der Waals surface area contributed by atoms with Crippen LogP contribution in [-0.4, -0.2) is 15.7 Å². The van der Waals surface area contributed by atoms with Gasteiger partial charge in [0.25, 0.3) is 0 Å². The summed E-state index contributed by atoms with van der Waals surface area (Å²) in [5.74, 6) is 0.804. The van der Waals surface area contributed by atoms with Crippen LogP contribution in [0.15, 0.2) is 72.1 Å². The summed E-state index contributed by atoms with van der Waals surface area (Å²) in [6.07, 6.45) is 3.57.